The number of allylic oxidation sites excluding steroid dienone is 3. The highest BCUT2D eigenvalue weighted by Crippen LogP contribution is 2.65. The Morgan fingerprint density at radius 1 is 1.04 bits per heavy atom. The average Bonchev–Trinajstić information content (AvgIpc) is 3.56. The molecule has 10 atom stereocenters. The van der Waals surface area contributed by atoms with E-state index < -0.39 is 8.32 Å². The van der Waals surface area contributed by atoms with Gasteiger partial charge < -0.3 is 18.8 Å². The number of hydrogen-bond acceptors (Lipinski definition) is 4. The van der Waals surface area contributed by atoms with Crippen LogP contribution in [0.5, 0.6) is 0 Å². The number of carbonyl (C=O) groups excluding carboxylic acids is 1. The van der Waals surface area contributed by atoms with Gasteiger partial charge in [0, 0.05) is 18.9 Å². The van der Waals surface area contributed by atoms with Gasteiger partial charge in [0.05, 0.1) is 23.5 Å². The maximum Gasteiger partial charge on any atom is 0.410 e. The van der Waals surface area contributed by atoms with Gasteiger partial charge in [-0.15, -0.1) is 0 Å². The molecule has 7 rings (SSSR count). The summed E-state index contributed by atoms with van der Waals surface area (Å²) < 4.78 is 20.2. The van der Waals surface area contributed by atoms with E-state index in [-0.39, 0.29) is 29.8 Å². The highest BCUT2D eigenvalue weighted by Gasteiger charge is 2.60. The highest BCUT2D eigenvalue weighted by atomic mass is 28.4. The molecule has 0 N–H and O–H groups in total. The van der Waals surface area contributed by atoms with Crippen LogP contribution < -0.4 is 0 Å². The Labute approximate surface area is 292 Å². The van der Waals surface area contributed by atoms with Crippen LogP contribution in [0, 0.1) is 40.9 Å². The van der Waals surface area contributed by atoms with Crippen molar-refractivity contribution in [1.29, 1.82) is 0 Å². The SMILES string of the molecule is CC[Si](CC)(CC)OC1=C[C@H]2CC[C@H]3[C@@H]4CC[C@@]5(CC(C)=C4C[C@@H]3[C@@]2(C)CC1)O[C@@H]1C[C@H](C)CN(C(=O)OCc2ccccc2)[C@H]1[C@H]5C. The Morgan fingerprint density at radius 2 is 1.79 bits per heavy atom. The third kappa shape index (κ3) is 5.83. The maximum absolute atomic E-state index is 13.6. The first-order valence-corrected chi connectivity index (χ1v) is 22.3. The van der Waals surface area contributed by atoms with Crippen molar-refractivity contribution in [3.05, 3.63) is 58.9 Å². The minimum absolute atomic E-state index is 0.0858. The number of benzene rings is 1. The lowest BCUT2D eigenvalue weighted by Gasteiger charge is -2.52. The summed E-state index contributed by atoms with van der Waals surface area (Å²) in [6.45, 7) is 17.9. The molecule has 1 amide bonds. The van der Waals surface area contributed by atoms with Gasteiger partial charge >= 0.3 is 6.09 Å². The van der Waals surface area contributed by atoms with Gasteiger partial charge in [-0.2, -0.15) is 0 Å². The van der Waals surface area contributed by atoms with E-state index in [2.05, 4.69) is 59.4 Å². The highest BCUT2D eigenvalue weighted by molar-refractivity contribution is 6.73. The Morgan fingerprint density at radius 3 is 2.52 bits per heavy atom. The zero-order valence-electron chi connectivity index (χ0n) is 31.1. The van der Waals surface area contributed by atoms with Crippen molar-refractivity contribution in [1.82, 2.24) is 4.90 Å². The average molecular weight is 674 g/mol. The molecular weight excluding hydrogens is 611 g/mol. The Hall–Kier alpha value is -2.05. The lowest BCUT2D eigenvalue weighted by atomic mass is 9.54. The first-order chi connectivity index (χ1) is 23.0. The molecule has 2 saturated carbocycles. The number of rotatable bonds is 7. The standard InChI is InChI=1S/C42H63NO4Si/c1-8-48(9-2,10-3)47-33-18-20-41(7)32(23-33)16-17-35-34-19-21-42(25-29(5)36(34)24-37(35)41)30(6)39-38(46-42)22-28(4)26-43(39)40(44)45-27-31-14-12-11-13-15-31/h11-15,23,28,30,32,34-35,37-39H,8-10,16-22,24-27H2,1-7H3/t28-,30+,32+,34-,35-,37-,38+,39-,41-,42-/m0/s1. The number of carbonyl (C=O) groups is 1. The number of likely N-dealkylation sites (tertiary alicyclic amines) is 1. The second-order valence-corrected chi connectivity index (χ2v) is 22.0. The van der Waals surface area contributed by atoms with E-state index in [0.29, 0.717) is 29.8 Å². The second-order valence-electron chi connectivity index (χ2n) is 17.3. The topological polar surface area (TPSA) is 48.0 Å². The van der Waals surface area contributed by atoms with Crippen molar-refractivity contribution in [2.75, 3.05) is 6.54 Å². The maximum atomic E-state index is 13.6. The predicted octanol–water partition coefficient (Wildman–Crippen LogP) is 10.7. The van der Waals surface area contributed by atoms with Crippen LogP contribution in [0.3, 0.4) is 0 Å². The summed E-state index contributed by atoms with van der Waals surface area (Å²) in [4.78, 5) is 15.7. The lowest BCUT2D eigenvalue weighted by molar-refractivity contribution is -0.0792. The molecule has 1 aromatic rings. The fourth-order valence-corrected chi connectivity index (χ4v) is 14.6. The molecule has 0 unspecified atom stereocenters. The third-order valence-electron chi connectivity index (χ3n) is 15.0. The fourth-order valence-electron chi connectivity index (χ4n) is 12.0. The molecule has 0 radical (unpaired) electrons. The van der Waals surface area contributed by atoms with Crippen molar-refractivity contribution in [2.45, 2.75) is 149 Å². The second kappa shape index (κ2) is 13.2. The van der Waals surface area contributed by atoms with Gasteiger partial charge in [0.25, 0.3) is 0 Å². The zero-order valence-corrected chi connectivity index (χ0v) is 32.1. The van der Waals surface area contributed by atoms with Crippen LogP contribution in [0.4, 0.5) is 4.79 Å². The number of amides is 1. The normalized spacial score (nSPS) is 39.2. The van der Waals surface area contributed by atoms with Crippen LogP contribution in [0.1, 0.15) is 112 Å². The van der Waals surface area contributed by atoms with E-state index in [1.165, 1.54) is 56.0 Å². The van der Waals surface area contributed by atoms with Crippen molar-refractivity contribution in [2.24, 2.45) is 40.9 Å². The Balaban J connectivity index is 1.08. The molecule has 6 heteroatoms. The molecule has 2 saturated heterocycles. The number of fused-ring (bicyclic) bond motifs is 6. The van der Waals surface area contributed by atoms with Crippen molar-refractivity contribution in [3.63, 3.8) is 0 Å². The zero-order chi connectivity index (χ0) is 33.8. The van der Waals surface area contributed by atoms with Gasteiger partial charge in [0.15, 0.2) is 0 Å². The van der Waals surface area contributed by atoms with E-state index >= 15 is 0 Å². The molecule has 1 aromatic carbocycles. The van der Waals surface area contributed by atoms with Crippen molar-refractivity contribution < 1.29 is 18.7 Å². The molecule has 1 spiro atoms. The first kappa shape index (κ1) is 34.4. The van der Waals surface area contributed by atoms with E-state index in [1.54, 1.807) is 11.1 Å². The minimum atomic E-state index is -1.63. The molecule has 0 aromatic heterocycles. The third-order valence-corrected chi connectivity index (χ3v) is 19.6. The number of piperidine rings is 1. The van der Waals surface area contributed by atoms with Crippen molar-refractivity contribution in [3.8, 4) is 0 Å². The van der Waals surface area contributed by atoms with Crippen LogP contribution in [0.2, 0.25) is 18.1 Å². The first-order valence-electron chi connectivity index (χ1n) is 19.8. The molecule has 4 aliphatic carbocycles. The van der Waals surface area contributed by atoms with Crippen LogP contribution in [0.25, 0.3) is 0 Å². The van der Waals surface area contributed by atoms with E-state index in [4.69, 9.17) is 13.9 Å². The summed E-state index contributed by atoms with van der Waals surface area (Å²) in [5.41, 5.74) is 4.60. The van der Waals surface area contributed by atoms with Gasteiger partial charge in [-0.25, -0.2) is 4.79 Å². The number of hydrogen-bond donors (Lipinski definition) is 0. The molecule has 5 nitrogen and oxygen atoms in total. The molecular formula is C42H63NO4Si. The molecule has 2 aliphatic heterocycles. The summed E-state index contributed by atoms with van der Waals surface area (Å²) in [5.74, 6) is 4.95. The number of ether oxygens (including phenoxy) is 2. The van der Waals surface area contributed by atoms with Crippen LogP contribution in [-0.2, 0) is 20.5 Å². The number of nitrogens with zero attached hydrogens (tertiary/aromatic N) is 1. The molecule has 0 bridgehead atoms. The molecule has 48 heavy (non-hydrogen) atoms. The summed E-state index contributed by atoms with van der Waals surface area (Å²) in [6.07, 6.45) is 13.3. The molecule has 6 aliphatic rings. The van der Waals surface area contributed by atoms with Gasteiger partial charge in [0.2, 0.25) is 8.32 Å². The Kier molecular flexibility index (Phi) is 9.49. The smallest absolute Gasteiger partial charge is 0.410 e. The largest absolute Gasteiger partial charge is 0.547 e. The molecule has 264 valence electrons. The van der Waals surface area contributed by atoms with Gasteiger partial charge in [-0.3, -0.25) is 0 Å². The van der Waals surface area contributed by atoms with Crippen LogP contribution in [0.15, 0.2) is 53.3 Å². The Bertz CT molecular complexity index is 1390. The van der Waals surface area contributed by atoms with Crippen LogP contribution in [-0.4, -0.2) is 43.6 Å². The monoisotopic (exact) mass is 673 g/mol. The van der Waals surface area contributed by atoms with Crippen LogP contribution >= 0.6 is 0 Å². The van der Waals surface area contributed by atoms with E-state index in [0.717, 1.165) is 49.6 Å². The van der Waals surface area contributed by atoms with Gasteiger partial charge in [0.1, 0.15) is 6.61 Å². The molecule has 2 heterocycles. The van der Waals surface area contributed by atoms with E-state index in [9.17, 15) is 4.79 Å². The summed E-state index contributed by atoms with van der Waals surface area (Å²) in [5, 5.41) is 0. The van der Waals surface area contributed by atoms with E-state index in [1.807, 2.05) is 30.3 Å². The van der Waals surface area contributed by atoms with Gasteiger partial charge in [-0.1, -0.05) is 83.0 Å². The summed E-state index contributed by atoms with van der Waals surface area (Å²) in [6, 6.07) is 13.8. The predicted molar refractivity (Wildman–Crippen MR) is 196 cm³/mol. The van der Waals surface area contributed by atoms with Gasteiger partial charge in [-0.05, 0) is 123 Å². The summed E-state index contributed by atoms with van der Waals surface area (Å²) >= 11 is 0. The minimum Gasteiger partial charge on any atom is -0.547 e. The van der Waals surface area contributed by atoms with Crippen molar-refractivity contribution >= 4 is 14.4 Å². The molecule has 4 fully saturated rings. The lowest BCUT2D eigenvalue weighted by Crippen LogP contribution is -2.54. The summed E-state index contributed by atoms with van der Waals surface area (Å²) in [7, 11) is -1.63. The fraction of sp³-hybridized carbons (Fsp3) is 0.738. The quantitative estimate of drug-likeness (QED) is 0.213.